The van der Waals surface area contributed by atoms with Crippen molar-refractivity contribution in [1.29, 1.82) is 0 Å². The first-order valence-corrected chi connectivity index (χ1v) is 6.46. The van der Waals surface area contributed by atoms with Gasteiger partial charge in [0, 0.05) is 12.5 Å². The van der Waals surface area contributed by atoms with E-state index >= 15 is 0 Å². The van der Waals surface area contributed by atoms with Crippen molar-refractivity contribution in [2.45, 2.75) is 19.8 Å². The quantitative estimate of drug-likeness (QED) is 0.796. The average molecular weight is 337 g/mol. The molecule has 0 aliphatic rings. The number of aryl methyl sites for hydroxylation is 1. The maximum absolute atomic E-state index is 13.8. The van der Waals surface area contributed by atoms with E-state index in [2.05, 4.69) is 26.1 Å². The molecule has 1 aromatic heterocycles. The van der Waals surface area contributed by atoms with Gasteiger partial charge in [-0.15, -0.1) is 10.2 Å². The molecule has 0 spiro atoms. The second kappa shape index (κ2) is 5.32. The van der Waals surface area contributed by atoms with Gasteiger partial charge in [-0.25, -0.2) is 8.78 Å². The first-order chi connectivity index (χ1) is 8.54. The highest BCUT2D eigenvalue weighted by Crippen LogP contribution is 2.26. The second-order valence-corrected chi connectivity index (χ2v) is 4.88. The number of rotatable bonds is 3. The lowest BCUT2D eigenvalue weighted by Crippen LogP contribution is -2.04. The van der Waals surface area contributed by atoms with Crippen LogP contribution in [-0.2, 0) is 6.42 Å². The molecule has 1 aromatic carbocycles. The lowest BCUT2D eigenvalue weighted by molar-refractivity contribution is 0.572. The van der Waals surface area contributed by atoms with E-state index in [-0.39, 0.29) is 15.4 Å². The van der Waals surface area contributed by atoms with E-state index in [0.29, 0.717) is 12.2 Å². The maximum Gasteiger partial charge on any atom is 0.229 e. The van der Waals surface area contributed by atoms with Crippen LogP contribution in [0.5, 0.6) is 0 Å². The molecule has 7 heteroatoms. The lowest BCUT2D eigenvalue weighted by atomic mass is 10.2. The highest BCUT2D eigenvalue weighted by Gasteiger charge is 2.17. The molecule has 0 aliphatic carbocycles. The smallest absolute Gasteiger partial charge is 0.229 e. The van der Waals surface area contributed by atoms with Crippen LogP contribution in [0, 0.1) is 11.6 Å². The molecule has 0 amide bonds. The summed E-state index contributed by atoms with van der Waals surface area (Å²) >= 11 is 8.91. The van der Waals surface area contributed by atoms with Crippen LogP contribution in [0.1, 0.15) is 19.2 Å². The minimum absolute atomic E-state index is 0.0517. The number of hydrogen-bond acceptors (Lipinski definition) is 2. The minimum atomic E-state index is -0.713. The van der Waals surface area contributed by atoms with E-state index in [0.717, 1.165) is 12.5 Å². The van der Waals surface area contributed by atoms with Crippen molar-refractivity contribution >= 4 is 27.5 Å². The number of halogens is 4. The van der Waals surface area contributed by atoms with Crippen LogP contribution >= 0.6 is 27.5 Å². The van der Waals surface area contributed by atoms with Crippen molar-refractivity contribution in [2.75, 3.05) is 0 Å². The normalized spacial score (nSPS) is 10.9. The zero-order chi connectivity index (χ0) is 13.3. The summed E-state index contributed by atoms with van der Waals surface area (Å²) in [6.07, 6.45) is 1.42. The molecule has 18 heavy (non-hydrogen) atoms. The molecular formula is C11H9BrClF2N3. The third-order valence-electron chi connectivity index (χ3n) is 2.39. The van der Waals surface area contributed by atoms with Crippen molar-refractivity contribution in [3.8, 4) is 5.69 Å². The third kappa shape index (κ3) is 2.40. The Morgan fingerprint density at radius 1 is 1.28 bits per heavy atom. The number of hydrogen-bond donors (Lipinski definition) is 0. The molecule has 0 radical (unpaired) electrons. The zero-order valence-corrected chi connectivity index (χ0v) is 11.8. The predicted octanol–water partition coefficient (Wildman–Crippen LogP) is 3.91. The van der Waals surface area contributed by atoms with Crippen molar-refractivity contribution in [3.05, 3.63) is 39.3 Å². The van der Waals surface area contributed by atoms with Gasteiger partial charge in [-0.05, 0) is 40.0 Å². The molecule has 2 aromatic rings. The van der Waals surface area contributed by atoms with E-state index in [1.807, 2.05) is 6.92 Å². The van der Waals surface area contributed by atoms with Crippen LogP contribution in [0.2, 0.25) is 5.28 Å². The molecule has 0 bridgehead atoms. The maximum atomic E-state index is 13.8. The number of aromatic nitrogens is 3. The van der Waals surface area contributed by atoms with E-state index in [1.54, 1.807) is 0 Å². The molecule has 0 N–H and O–H groups in total. The van der Waals surface area contributed by atoms with Crippen molar-refractivity contribution in [2.24, 2.45) is 0 Å². The highest BCUT2D eigenvalue weighted by atomic mass is 79.9. The standard InChI is InChI=1S/C11H9BrClF2N3/c1-2-3-10-16-17-11(13)18(10)9-4-6(12)7(14)5-8(9)15/h4-5H,2-3H2,1H3. The van der Waals surface area contributed by atoms with Gasteiger partial charge in [-0.3, -0.25) is 4.57 Å². The summed E-state index contributed by atoms with van der Waals surface area (Å²) in [7, 11) is 0. The van der Waals surface area contributed by atoms with Crippen LogP contribution in [0.3, 0.4) is 0 Å². The topological polar surface area (TPSA) is 30.7 Å². The highest BCUT2D eigenvalue weighted by molar-refractivity contribution is 9.10. The SMILES string of the molecule is CCCc1nnc(Cl)n1-c1cc(Br)c(F)cc1F. The number of nitrogens with zero attached hydrogens (tertiary/aromatic N) is 3. The van der Waals surface area contributed by atoms with Gasteiger partial charge in [0.15, 0.2) is 0 Å². The fourth-order valence-corrected chi connectivity index (χ4v) is 2.16. The zero-order valence-electron chi connectivity index (χ0n) is 9.42. The molecule has 1 heterocycles. The summed E-state index contributed by atoms with van der Waals surface area (Å²) in [5.41, 5.74) is 0.127. The molecule has 0 saturated carbocycles. The molecule has 0 saturated heterocycles. The molecule has 0 aliphatic heterocycles. The van der Waals surface area contributed by atoms with E-state index in [1.165, 1.54) is 10.6 Å². The third-order valence-corrected chi connectivity index (χ3v) is 3.25. The summed E-state index contributed by atoms with van der Waals surface area (Å²) in [6.45, 7) is 1.96. The summed E-state index contributed by atoms with van der Waals surface area (Å²) < 4.78 is 28.5. The summed E-state index contributed by atoms with van der Waals surface area (Å²) in [5, 5.41) is 7.64. The van der Waals surface area contributed by atoms with Crippen LogP contribution in [0.15, 0.2) is 16.6 Å². The first-order valence-electron chi connectivity index (χ1n) is 5.29. The summed E-state index contributed by atoms with van der Waals surface area (Å²) in [4.78, 5) is 0. The van der Waals surface area contributed by atoms with E-state index in [9.17, 15) is 8.78 Å². The monoisotopic (exact) mass is 335 g/mol. The van der Waals surface area contributed by atoms with Gasteiger partial charge < -0.3 is 0 Å². The van der Waals surface area contributed by atoms with E-state index in [4.69, 9.17) is 11.6 Å². The molecule has 96 valence electrons. The Balaban J connectivity index is 2.61. The van der Waals surface area contributed by atoms with Crippen molar-refractivity contribution < 1.29 is 8.78 Å². The van der Waals surface area contributed by atoms with Gasteiger partial charge in [0.05, 0.1) is 10.2 Å². The molecule has 0 atom stereocenters. The lowest BCUT2D eigenvalue weighted by Gasteiger charge is -2.09. The van der Waals surface area contributed by atoms with Crippen molar-refractivity contribution in [1.82, 2.24) is 14.8 Å². The molecule has 3 nitrogen and oxygen atoms in total. The molecular weight excluding hydrogens is 327 g/mol. The largest absolute Gasteiger partial charge is 0.267 e. The first kappa shape index (κ1) is 13.4. The molecule has 0 fully saturated rings. The van der Waals surface area contributed by atoms with Gasteiger partial charge in [-0.2, -0.15) is 0 Å². The molecule has 2 rings (SSSR count). The Morgan fingerprint density at radius 3 is 2.67 bits per heavy atom. The minimum Gasteiger partial charge on any atom is -0.267 e. The Morgan fingerprint density at radius 2 is 2.00 bits per heavy atom. The predicted molar refractivity (Wildman–Crippen MR) is 68.0 cm³/mol. The number of benzene rings is 1. The van der Waals surface area contributed by atoms with Gasteiger partial charge in [0.25, 0.3) is 0 Å². The van der Waals surface area contributed by atoms with Gasteiger partial charge in [0.2, 0.25) is 5.28 Å². The van der Waals surface area contributed by atoms with Gasteiger partial charge >= 0.3 is 0 Å². The fourth-order valence-electron chi connectivity index (χ4n) is 1.60. The Kier molecular flexibility index (Phi) is 3.97. The average Bonchev–Trinajstić information content (AvgIpc) is 2.66. The second-order valence-electron chi connectivity index (χ2n) is 3.69. The van der Waals surface area contributed by atoms with Gasteiger partial charge in [-0.1, -0.05) is 6.92 Å². The van der Waals surface area contributed by atoms with Gasteiger partial charge in [0.1, 0.15) is 17.5 Å². The summed E-state index contributed by atoms with van der Waals surface area (Å²) in [6, 6.07) is 2.12. The van der Waals surface area contributed by atoms with E-state index < -0.39 is 11.6 Å². The fraction of sp³-hybridized carbons (Fsp3) is 0.273. The summed E-state index contributed by atoms with van der Waals surface area (Å²) in [5.74, 6) is -0.841. The Bertz CT molecular complexity index is 586. The Hall–Kier alpha value is -1.01. The van der Waals surface area contributed by atoms with Crippen LogP contribution < -0.4 is 0 Å². The van der Waals surface area contributed by atoms with Crippen LogP contribution in [-0.4, -0.2) is 14.8 Å². The van der Waals surface area contributed by atoms with Crippen LogP contribution in [0.25, 0.3) is 5.69 Å². The Labute approximate surface area is 116 Å². The van der Waals surface area contributed by atoms with Crippen LogP contribution in [0.4, 0.5) is 8.78 Å². The van der Waals surface area contributed by atoms with Crippen molar-refractivity contribution in [3.63, 3.8) is 0 Å². The molecule has 0 unspecified atom stereocenters.